The van der Waals surface area contributed by atoms with Crippen LogP contribution >= 0.6 is 0 Å². The fourth-order valence-electron chi connectivity index (χ4n) is 2.47. The lowest BCUT2D eigenvalue weighted by atomic mass is 10.0. The van der Waals surface area contributed by atoms with Crippen LogP contribution in [0.4, 0.5) is 18.9 Å². The summed E-state index contributed by atoms with van der Waals surface area (Å²) in [6.07, 6.45) is 2.27. The first-order valence-corrected chi connectivity index (χ1v) is 7.29. The van der Waals surface area contributed by atoms with Crippen molar-refractivity contribution in [2.24, 2.45) is 0 Å². The Balaban J connectivity index is 1.90. The zero-order valence-corrected chi connectivity index (χ0v) is 12.9. The van der Waals surface area contributed by atoms with Crippen molar-refractivity contribution >= 4 is 23.2 Å². The van der Waals surface area contributed by atoms with Gasteiger partial charge in [0.2, 0.25) is 0 Å². The second-order valence-corrected chi connectivity index (χ2v) is 5.33. The monoisotopic (exact) mass is 343 g/mol. The molecule has 0 spiro atoms. The number of hydrogen-bond acceptors (Lipinski definition) is 2. The minimum absolute atomic E-state index is 0.151. The minimum Gasteiger partial charge on any atom is -0.481 e. The molecule has 0 atom stereocenters. The van der Waals surface area contributed by atoms with Crippen molar-refractivity contribution in [1.29, 1.82) is 0 Å². The molecule has 1 heterocycles. The lowest BCUT2D eigenvalue weighted by Gasteiger charge is -2.08. The molecule has 0 radical (unpaired) electrons. The molecule has 0 aromatic heterocycles. The van der Waals surface area contributed by atoms with Crippen LogP contribution in [0.2, 0.25) is 0 Å². The topological polar surface area (TPSA) is 38.3 Å². The summed E-state index contributed by atoms with van der Waals surface area (Å²) >= 11 is 0. The van der Waals surface area contributed by atoms with Crippen LogP contribution in [0, 0.1) is 12.3 Å². The van der Waals surface area contributed by atoms with Crippen LogP contribution in [-0.2, 0) is 11.0 Å². The van der Waals surface area contributed by atoms with Crippen molar-refractivity contribution in [2.75, 3.05) is 11.9 Å². The van der Waals surface area contributed by atoms with Crippen molar-refractivity contribution in [3.63, 3.8) is 0 Å². The highest BCUT2D eigenvalue weighted by Crippen LogP contribution is 2.38. The third-order valence-electron chi connectivity index (χ3n) is 3.64. The van der Waals surface area contributed by atoms with Crippen LogP contribution in [0.1, 0.15) is 16.7 Å². The molecule has 1 aliphatic heterocycles. The van der Waals surface area contributed by atoms with E-state index in [1.807, 2.05) is 0 Å². The first-order chi connectivity index (χ1) is 11.9. The third-order valence-corrected chi connectivity index (χ3v) is 3.64. The molecule has 2 aromatic carbocycles. The number of carbonyl (C=O) groups is 1. The summed E-state index contributed by atoms with van der Waals surface area (Å²) < 4.78 is 43.6. The van der Waals surface area contributed by atoms with Gasteiger partial charge in [0.05, 0.1) is 5.56 Å². The first-order valence-electron chi connectivity index (χ1n) is 7.29. The van der Waals surface area contributed by atoms with E-state index in [4.69, 9.17) is 11.2 Å². The van der Waals surface area contributed by atoms with Gasteiger partial charge in [-0.15, -0.1) is 6.42 Å². The van der Waals surface area contributed by atoms with E-state index in [2.05, 4.69) is 11.2 Å². The van der Waals surface area contributed by atoms with E-state index < -0.39 is 17.6 Å². The smallest absolute Gasteiger partial charge is 0.416 e. The van der Waals surface area contributed by atoms with Gasteiger partial charge in [-0.25, -0.2) is 0 Å². The standard InChI is InChI=1S/C19H12F3NO2/c1-2-9-25-14-6-3-12(4-7-14)10-16-15-8-5-13(19(20,21)22)11-17(15)23-18(16)24/h1,3-8,10-11H,9H2,(H,23,24)/b16-10-. The molecule has 3 rings (SSSR count). The predicted molar refractivity (Wildman–Crippen MR) is 88.7 cm³/mol. The van der Waals surface area contributed by atoms with Gasteiger partial charge >= 0.3 is 6.18 Å². The molecule has 0 unspecified atom stereocenters. The number of alkyl halides is 3. The van der Waals surface area contributed by atoms with E-state index in [1.165, 1.54) is 6.07 Å². The molecule has 1 aliphatic rings. The molecule has 25 heavy (non-hydrogen) atoms. The zero-order valence-electron chi connectivity index (χ0n) is 12.9. The average molecular weight is 343 g/mol. The van der Waals surface area contributed by atoms with E-state index in [1.54, 1.807) is 30.3 Å². The highest BCUT2D eigenvalue weighted by atomic mass is 19.4. The lowest BCUT2D eigenvalue weighted by Crippen LogP contribution is -2.06. The summed E-state index contributed by atoms with van der Waals surface area (Å²) in [4.78, 5) is 12.1. The molecule has 2 aromatic rings. The van der Waals surface area contributed by atoms with Gasteiger partial charge in [-0.3, -0.25) is 4.79 Å². The highest BCUT2D eigenvalue weighted by molar-refractivity contribution is 6.34. The summed E-state index contributed by atoms with van der Waals surface area (Å²) in [6.45, 7) is 0.151. The second kappa shape index (κ2) is 6.36. The number of ether oxygens (including phenoxy) is 1. The number of rotatable bonds is 3. The molecule has 0 aliphatic carbocycles. The van der Waals surface area contributed by atoms with Gasteiger partial charge in [0.1, 0.15) is 12.4 Å². The number of benzene rings is 2. The second-order valence-electron chi connectivity index (χ2n) is 5.33. The maximum atomic E-state index is 12.8. The molecule has 0 fully saturated rings. The molecule has 0 saturated carbocycles. The Morgan fingerprint density at radius 2 is 1.88 bits per heavy atom. The molecular weight excluding hydrogens is 331 g/mol. The largest absolute Gasteiger partial charge is 0.481 e. The number of anilines is 1. The fraction of sp³-hybridized carbons (Fsp3) is 0.105. The van der Waals surface area contributed by atoms with Crippen LogP contribution in [0.15, 0.2) is 42.5 Å². The fourth-order valence-corrected chi connectivity index (χ4v) is 2.47. The normalized spacial score (nSPS) is 14.8. The number of hydrogen-bond donors (Lipinski definition) is 1. The van der Waals surface area contributed by atoms with E-state index in [-0.39, 0.29) is 12.3 Å². The van der Waals surface area contributed by atoms with Gasteiger partial charge in [0.15, 0.2) is 0 Å². The Morgan fingerprint density at radius 3 is 2.52 bits per heavy atom. The molecule has 0 bridgehead atoms. The Labute approximate surface area is 142 Å². The third kappa shape index (κ3) is 3.50. The number of fused-ring (bicyclic) bond motifs is 1. The van der Waals surface area contributed by atoms with E-state index in [9.17, 15) is 18.0 Å². The van der Waals surface area contributed by atoms with Crippen LogP contribution in [0.25, 0.3) is 11.6 Å². The summed E-state index contributed by atoms with van der Waals surface area (Å²) in [5.74, 6) is 2.50. The van der Waals surface area contributed by atoms with Crippen LogP contribution < -0.4 is 10.1 Å². The van der Waals surface area contributed by atoms with Gasteiger partial charge < -0.3 is 10.1 Å². The van der Waals surface area contributed by atoms with Crippen molar-refractivity contribution < 1.29 is 22.7 Å². The molecule has 3 nitrogen and oxygen atoms in total. The Kier molecular flexibility index (Phi) is 4.24. The Hall–Kier alpha value is -3.20. The average Bonchev–Trinajstić information content (AvgIpc) is 2.88. The summed E-state index contributed by atoms with van der Waals surface area (Å²) in [7, 11) is 0. The SMILES string of the molecule is C#CCOc1ccc(/C=C2\C(=O)Nc3cc(C(F)(F)F)ccc32)cc1. The van der Waals surface area contributed by atoms with Crippen LogP contribution in [-0.4, -0.2) is 12.5 Å². The molecule has 6 heteroatoms. The molecule has 0 saturated heterocycles. The van der Waals surface area contributed by atoms with Gasteiger partial charge in [0.25, 0.3) is 5.91 Å². The summed E-state index contributed by atoms with van der Waals surface area (Å²) in [5.41, 5.74) is 0.806. The molecule has 1 amide bonds. The van der Waals surface area contributed by atoms with Gasteiger partial charge in [-0.05, 0) is 35.9 Å². The molecule has 126 valence electrons. The van der Waals surface area contributed by atoms with Crippen molar-refractivity contribution in [1.82, 2.24) is 0 Å². The van der Waals surface area contributed by atoms with Crippen LogP contribution in [0.3, 0.4) is 0 Å². The quantitative estimate of drug-likeness (QED) is 0.670. The molecule has 1 N–H and O–H groups in total. The van der Waals surface area contributed by atoms with Crippen LogP contribution in [0.5, 0.6) is 5.75 Å². The van der Waals surface area contributed by atoms with Crippen molar-refractivity contribution in [3.8, 4) is 18.1 Å². The summed E-state index contributed by atoms with van der Waals surface area (Å²) in [5, 5.41) is 2.47. The van der Waals surface area contributed by atoms with Gasteiger partial charge in [-0.2, -0.15) is 13.2 Å². The number of terminal acetylenes is 1. The number of amides is 1. The number of nitrogens with one attached hydrogen (secondary N) is 1. The summed E-state index contributed by atoms with van der Waals surface area (Å²) in [6, 6.07) is 10.1. The maximum absolute atomic E-state index is 12.8. The Bertz CT molecular complexity index is 890. The Morgan fingerprint density at radius 1 is 1.16 bits per heavy atom. The molecular formula is C19H12F3NO2. The van der Waals surface area contributed by atoms with Gasteiger partial charge in [-0.1, -0.05) is 24.1 Å². The highest BCUT2D eigenvalue weighted by Gasteiger charge is 2.33. The lowest BCUT2D eigenvalue weighted by molar-refractivity contribution is -0.137. The van der Waals surface area contributed by atoms with E-state index in [0.29, 0.717) is 22.4 Å². The van der Waals surface area contributed by atoms with Gasteiger partial charge in [0, 0.05) is 16.8 Å². The number of halogens is 3. The maximum Gasteiger partial charge on any atom is 0.416 e. The first kappa shape index (κ1) is 16.7. The van der Waals surface area contributed by atoms with Crippen molar-refractivity contribution in [2.45, 2.75) is 6.18 Å². The predicted octanol–water partition coefficient (Wildman–Crippen LogP) is 4.21. The zero-order chi connectivity index (χ0) is 18.0. The van der Waals surface area contributed by atoms with E-state index >= 15 is 0 Å². The number of carbonyl (C=O) groups excluding carboxylic acids is 1. The van der Waals surface area contributed by atoms with Crippen molar-refractivity contribution in [3.05, 3.63) is 59.2 Å². The minimum atomic E-state index is -4.46. The van der Waals surface area contributed by atoms with E-state index in [0.717, 1.165) is 12.1 Å².